The van der Waals surface area contributed by atoms with Crippen LogP contribution in [-0.2, 0) is 57.0 Å². The molecule has 28 nitrogen and oxygen atoms in total. The molecule has 0 aromatic heterocycles. The lowest BCUT2D eigenvalue weighted by Gasteiger charge is -2.71. The van der Waals surface area contributed by atoms with Gasteiger partial charge in [0, 0.05) is 0 Å². The lowest BCUT2D eigenvalue weighted by Crippen LogP contribution is -2.71. The van der Waals surface area contributed by atoms with Crippen LogP contribution in [0, 0.1) is 50.2 Å². The summed E-state index contributed by atoms with van der Waals surface area (Å²) < 4.78 is 59.5. The maximum atomic E-state index is 15.7. The van der Waals surface area contributed by atoms with E-state index in [1.165, 1.54) is 13.8 Å². The van der Waals surface area contributed by atoms with Gasteiger partial charge >= 0.3 is 11.9 Å². The van der Waals surface area contributed by atoms with Crippen molar-refractivity contribution in [3.8, 4) is 0 Å². The topological polar surface area (TPSA) is 450 Å². The Kier molecular flexibility index (Phi) is 18.4. The van der Waals surface area contributed by atoms with Crippen LogP contribution in [-0.4, -0.2) is 274 Å². The number of carboxylic acid groups (broad SMARTS) is 1. The fourth-order valence-corrected chi connectivity index (χ4v) is 17.3. The number of allylic oxidation sites excluding steroid dienone is 2. The Morgan fingerprint density at radius 1 is 0.565 bits per heavy atom. The second-order valence-electron chi connectivity index (χ2n) is 27.8. The van der Waals surface area contributed by atoms with E-state index >= 15 is 4.79 Å². The molecule has 5 aliphatic carbocycles. The van der Waals surface area contributed by atoms with Crippen LogP contribution in [0.5, 0.6) is 0 Å². The minimum absolute atomic E-state index is 0.0186. The van der Waals surface area contributed by atoms with Crippen LogP contribution in [0.4, 0.5) is 0 Å². The van der Waals surface area contributed by atoms with E-state index in [9.17, 15) is 86.5 Å². The van der Waals surface area contributed by atoms with Crippen LogP contribution in [0.25, 0.3) is 0 Å². The summed E-state index contributed by atoms with van der Waals surface area (Å²) in [6.45, 7) is 10.9. The van der Waals surface area contributed by atoms with Crippen LogP contribution in [0.3, 0.4) is 0 Å². The number of hydrogen-bond donors (Lipinski definition) is 16. The molecule has 28 heteroatoms. The average molecular weight is 1220 g/mol. The Labute approximate surface area is 491 Å². The van der Waals surface area contributed by atoms with Crippen LogP contribution in [0.2, 0.25) is 0 Å². The quantitative estimate of drug-likeness (QED) is 0.0500. The van der Waals surface area contributed by atoms with E-state index in [4.69, 9.17) is 47.4 Å². The number of fused-ring (bicyclic) bond motifs is 7. The second-order valence-corrected chi connectivity index (χ2v) is 27.8. The highest BCUT2D eigenvalue weighted by Gasteiger charge is 2.74. The first-order valence-corrected chi connectivity index (χ1v) is 29.8. The van der Waals surface area contributed by atoms with Gasteiger partial charge in [0.1, 0.15) is 103 Å². The zero-order chi connectivity index (χ0) is 62.2. The normalized spacial score (nSPS) is 55.2. The largest absolute Gasteiger partial charge is 0.481 e. The molecule has 486 valence electrons. The monoisotopic (exact) mass is 1220 g/mol. The van der Waals surface area contributed by atoms with Crippen molar-refractivity contribution >= 4 is 11.9 Å². The van der Waals surface area contributed by atoms with Gasteiger partial charge in [-0.1, -0.05) is 46.3 Å². The maximum absolute atomic E-state index is 15.7. The van der Waals surface area contributed by atoms with Crippen molar-refractivity contribution in [2.45, 2.75) is 253 Å². The molecule has 0 aromatic rings. The van der Waals surface area contributed by atoms with Crippen molar-refractivity contribution in [2.75, 3.05) is 26.4 Å². The van der Waals surface area contributed by atoms with Gasteiger partial charge < -0.3 is 129 Å². The van der Waals surface area contributed by atoms with Crippen LogP contribution < -0.4 is 0 Å². The van der Waals surface area contributed by atoms with Gasteiger partial charge in [-0.05, 0) is 105 Å². The summed E-state index contributed by atoms with van der Waals surface area (Å²) in [4.78, 5) is 29.5. The molecule has 5 aliphatic heterocycles. The first-order chi connectivity index (χ1) is 39.7. The Morgan fingerprint density at radius 2 is 1.12 bits per heavy atom. The summed E-state index contributed by atoms with van der Waals surface area (Å²) in [5.41, 5.74) is -5.51. The van der Waals surface area contributed by atoms with Crippen LogP contribution in [0.15, 0.2) is 11.6 Å². The van der Waals surface area contributed by atoms with E-state index in [0.29, 0.717) is 32.1 Å². The minimum atomic E-state index is -2.02. The molecule has 85 heavy (non-hydrogen) atoms. The number of hydrogen-bond acceptors (Lipinski definition) is 27. The van der Waals surface area contributed by atoms with Crippen LogP contribution in [0.1, 0.15) is 99.8 Å². The molecule has 10 rings (SSSR count). The Bertz CT molecular complexity index is 2440. The fourth-order valence-electron chi connectivity index (χ4n) is 17.3. The third kappa shape index (κ3) is 10.7. The van der Waals surface area contributed by atoms with Crippen molar-refractivity contribution in [1.29, 1.82) is 0 Å². The molecule has 9 fully saturated rings. The number of rotatable bonds is 12. The third-order valence-electron chi connectivity index (χ3n) is 22.4. The number of aliphatic hydroxyl groups is 15. The average Bonchev–Trinajstić information content (AvgIpc) is 0.848. The molecular formula is C57H90O28. The van der Waals surface area contributed by atoms with E-state index in [1.807, 2.05) is 6.92 Å². The molecule has 16 N–H and O–H groups in total. The van der Waals surface area contributed by atoms with E-state index in [2.05, 4.69) is 33.8 Å². The van der Waals surface area contributed by atoms with Gasteiger partial charge in [0.25, 0.3) is 0 Å². The number of aliphatic hydroxyl groups excluding tert-OH is 15. The summed E-state index contributed by atoms with van der Waals surface area (Å²) in [6.07, 6.45) is -37.6. The number of carbonyl (C=O) groups excluding carboxylic acids is 1. The molecular weight excluding hydrogens is 1130 g/mol. The summed E-state index contributed by atoms with van der Waals surface area (Å²) in [6, 6.07) is 0. The summed E-state index contributed by atoms with van der Waals surface area (Å²) in [5, 5.41) is 176. The van der Waals surface area contributed by atoms with Crippen molar-refractivity contribution in [1.82, 2.24) is 0 Å². The molecule has 5 saturated heterocycles. The molecule has 0 radical (unpaired) electrons. The van der Waals surface area contributed by atoms with Gasteiger partial charge in [-0.15, -0.1) is 0 Å². The van der Waals surface area contributed by atoms with E-state index in [1.54, 1.807) is 0 Å². The smallest absolute Gasteiger partial charge is 0.317 e. The van der Waals surface area contributed by atoms with Gasteiger partial charge in [0.15, 0.2) is 31.3 Å². The molecule has 4 saturated carbocycles. The fraction of sp³-hybridized carbons (Fsp3) is 0.930. The first-order valence-electron chi connectivity index (χ1n) is 29.8. The van der Waals surface area contributed by atoms with Crippen LogP contribution >= 0.6 is 0 Å². The molecule has 0 amide bonds. The minimum Gasteiger partial charge on any atom is -0.481 e. The Morgan fingerprint density at radius 3 is 1.73 bits per heavy atom. The zero-order valence-electron chi connectivity index (χ0n) is 48.8. The molecule has 0 unspecified atom stereocenters. The number of ether oxygens (including phenoxy) is 10. The lowest BCUT2D eigenvalue weighted by atomic mass is 9.33. The van der Waals surface area contributed by atoms with Crippen molar-refractivity contribution < 1.29 is 139 Å². The summed E-state index contributed by atoms with van der Waals surface area (Å²) in [5.74, 6) is -3.89. The van der Waals surface area contributed by atoms with Crippen molar-refractivity contribution in [3.05, 3.63) is 11.6 Å². The molecule has 0 spiro atoms. The van der Waals surface area contributed by atoms with Gasteiger partial charge in [-0.2, -0.15) is 0 Å². The predicted octanol–water partition coefficient (Wildman–Crippen LogP) is -4.26. The Balaban J connectivity index is 0.945. The van der Waals surface area contributed by atoms with Gasteiger partial charge in [0.2, 0.25) is 6.29 Å². The molecule has 10 aliphatic rings. The van der Waals surface area contributed by atoms with Crippen molar-refractivity contribution in [3.63, 3.8) is 0 Å². The summed E-state index contributed by atoms with van der Waals surface area (Å²) in [7, 11) is 0. The van der Waals surface area contributed by atoms with E-state index in [-0.39, 0.29) is 25.2 Å². The lowest BCUT2D eigenvalue weighted by molar-refractivity contribution is -0.382. The van der Waals surface area contributed by atoms with Gasteiger partial charge in [-0.3, -0.25) is 9.59 Å². The summed E-state index contributed by atoms with van der Waals surface area (Å²) >= 11 is 0. The molecule has 0 bridgehead atoms. The maximum Gasteiger partial charge on any atom is 0.317 e. The standard InChI is InChI=1S/C57H90O28/c1-21-41(81-45-37(69)32(64)25(60)18-76-45)36(68)40(72)47(79-21)83-43-42(82-46-38(70)33(65)26(61)19-77-46)27(62)20-78-49(43)85-51(75)57-13-12-52(2,3)14-23(57)22-8-9-29-53(4)15-24(59)44(84-48-39(71)35(67)34(66)28(17-58)80-48)56(7,50(73)74)30(53)10-11-54(29,5)55(22,6)16-31(57)63/h8,21,23-49,58-72H,9-20H2,1-7H3,(H,73,74)/t21-,23-,24-,25-,26-,27-,28+,29+,30+,31+,32-,33-,34+,35-,36-,37+,38+,39+,40+,41-,42-,43+,44-,45-,46-,47-,48-,49-,53+,54+,55+,56-,57+/m0/s1. The van der Waals surface area contributed by atoms with E-state index < -0.39 is 236 Å². The number of aliphatic carboxylic acids is 1. The van der Waals surface area contributed by atoms with Gasteiger partial charge in [0.05, 0.1) is 50.2 Å². The molecule has 33 atom stereocenters. The highest BCUT2D eigenvalue weighted by Crippen LogP contribution is 2.76. The van der Waals surface area contributed by atoms with Crippen molar-refractivity contribution in [2.24, 2.45) is 50.2 Å². The second kappa shape index (κ2) is 23.8. The zero-order valence-corrected chi connectivity index (χ0v) is 48.8. The number of carboxylic acids is 1. The van der Waals surface area contributed by atoms with Gasteiger partial charge in [-0.25, -0.2) is 0 Å². The Hall–Kier alpha value is -2.28. The molecule has 0 aromatic carbocycles. The third-order valence-corrected chi connectivity index (χ3v) is 22.4. The predicted molar refractivity (Wildman–Crippen MR) is 281 cm³/mol. The highest BCUT2D eigenvalue weighted by atomic mass is 16.8. The SMILES string of the molecule is C[C@@H]1O[C@@H](O[C@H]2[C@H](OC(=O)[C@]34CCC(C)(C)C[C@H]3C3=CC[C@@H]5[C@@]6(C)C[C@H](O)[C@H](O[C@@H]7O[C@H](CO)[C@@H](O)[C@H](O)[C@H]7O)[C@@](C)(C(=O)O)[C@@H]6CC[C@@]5(C)[C@]3(C)C[C@H]4O)OC[C@H](O)[C@@H]2O[C@@H]2OC[C@H](O)[C@H](O)[C@H]2O)[C@H](O)[C@H](O)[C@H]1O[C@@H]1OC[C@H](O)[C@H](O)[C@H]1O. The first kappa shape index (κ1) is 65.7. The number of esters is 1. The van der Waals surface area contributed by atoms with E-state index in [0.717, 1.165) is 5.57 Å². The number of carbonyl (C=O) groups is 2. The highest BCUT2D eigenvalue weighted by molar-refractivity contribution is 5.80. The molecule has 5 heterocycles.